The molecular weight excluding hydrogens is 260 g/mol. The molecule has 21 heavy (non-hydrogen) atoms. The lowest BCUT2D eigenvalue weighted by molar-refractivity contribution is -0.136. The van der Waals surface area contributed by atoms with Crippen molar-refractivity contribution in [1.82, 2.24) is 4.90 Å². The molecule has 1 amide bonds. The number of amides is 1. The van der Waals surface area contributed by atoms with Gasteiger partial charge in [0.2, 0.25) is 5.91 Å². The third-order valence-corrected chi connectivity index (χ3v) is 4.63. The summed E-state index contributed by atoms with van der Waals surface area (Å²) in [5, 5.41) is 0. The Balaban J connectivity index is 1.94. The topological polar surface area (TPSA) is 46.3 Å². The zero-order valence-corrected chi connectivity index (χ0v) is 13.5. The summed E-state index contributed by atoms with van der Waals surface area (Å²) in [5.41, 5.74) is 8.50. The van der Waals surface area contributed by atoms with Gasteiger partial charge < -0.3 is 10.6 Å². The molecular formula is C18H28N2O. The number of nitrogens with two attached hydrogens (primary N) is 1. The number of rotatable bonds is 6. The Hall–Kier alpha value is -1.35. The van der Waals surface area contributed by atoms with E-state index in [2.05, 4.69) is 24.3 Å². The van der Waals surface area contributed by atoms with E-state index in [0.29, 0.717) is 0 Å². The molecule has 0 bridgehead atoms. The van der Waals surface area contributed by atoms with Crippen LogP contribution in [0.1, 0.15) is 56.7 Å². The van der Waals surface area contributed by atoms with Gasteiger partial charge in [0.1, 0.15) is 0 Å². The van der Waals surface area contributed by atoms with Crippen molar-refractivity contribution in [3.63, 3.8) is 0 Å². The zero-order valence-electron chi connectivity index (χ0n) is 13.5. The summed E-state index contributed by atoms with van der Waals surface area (Å²) in [6.45, 7) is 4.06. The summed E-state index contributed by atoms with van der Waals surface area (Å²) >= 11 is 0. The smallest absolute Gasteiger partial charge is 0.225 e. The highest BCUT2D eigenvalue weighted by Gasteiger charge is 2.30. The minimum absolute atomic E-state index is 0.0847. The second kappa shape index (κ2) is 7.08. The molecule has 0 saturated heterocycles. The first kappa shape index (κ1) is 16.0. The van der Waals surface area contributed by atoms with E-state index in [1.165, 1.54) is 11.1 Å². The summed E-state index contributed by atoms with van der Waals surface area (Å²) in [7, 11) is 1.96. The van der Waals surface area contributed by atoms with Gasteiger partial charge in [-0.2, -0.15) is 0 Å². The third kappa shape index (κ3) is 3.85. The molecule has 0 aromatic heterocycles. The van der Waals surface area contributed by atoms with E-state index in [-0.39, 0.29) is 23.9 Å². The third-order valence-electron chi connectivity index (χ3n) is 4.63. The molecule has 3 unspecified atom stereocenters. The molecule has 0 spiro atoms. The summed E-state index contributed by atoms with van der Waals surface area (Å²) in [5.74, 6) is 0.350. The SMILES string of the molecule is CC(N)CCCC(C)C(=O)N(C)C1CCc2ccccc21. The monoisotopic (exact) mass is 288 g/mol. The van der Waals surface area contributed by atoms with Crippen LogP contribution in [0.15, 0.2) is 24.3 Å². The molecule has 2 N–H and O–H groups in total. The molecule has 116 valence electrons. The average molecular weight is 288 g/mol. The fraction of sp³-hybridized carbons (Fsp3) is 0.611. The minimum atomic E-state index is 0.0847. The van der Waals surface area contributed by atoms with Crippen LogP contribution in [0.3, 0.4) is 0 Å². The van der Waals surface area contributed by atoms with Crippen molar-refractivity contribution < 1.29 is 4.79 Å². The highest BCUT2D eigenvalue weighted by atomic mass is 16.2. The van der Waals surface area contributed by atoms with Crippen LogP contribution >= 0.6 is 0 Å². The molecule has 0 heterocycles. The standard InChI is InChI=1S/C18H28N2O/c1-13(7-6-8-14(2)19)18(21)20(3)17-12-11-15-9-4-5-10-16(15)17/h4-5,9-10,13-14,17H,6-8,11-12,19H2,1-3H3. The molecule has 1 aliphatic carbocycles. The molecule has 1 aromatic carbocycles. The first-order valence-corrected chi connectivity index (χ1v) is 8.10. The first-order chi connectivity index (χ1) is 10.0. The molecule has 1 aromatic rings. The Morgan fingerprint density at radius 1 is 1.33 bits per heavy atom. The Morgan fingerprint density at radius 2 is 2.05 bits per heavy atom. The lowest BCUT2D eigenvalue weighted by atomic mass is 9.99. The van der Waals surface area contributed by atoms with E-state index >= 15 is 0 Å². The molecule has 0 radical (unpaired) electrons. The number of aryl methyl sites for hydroxylation is 1. The number of fused-ring (bicyclic) bond motifs is 1. The molecule has 0 aliphatic heterocycles. The molecule has 1 aliphatic rings. The number of benzene rings is 1. The number of hydrogen-bond acceptors (Lipinski definition) is 2. The van der Waals surface area contributed by atoms with Crippen molar-refractivity contribution in [3.05, 3.63) is 35.4 Å². The van der Waals surface area contributed by atoms with Crippen LogP contribution < -0.4 is 5.73 Å². The maximum Gasteiger partial charge on any atom is 0.225 e. The minimum Gasteiger partial charge on any atom is -0.338 e. The number of nitrogens with zero attached hydrogens (tertiary/aromatic N) is 1. The quantitative estimate of drug-likeness (QED) is 0.873. The van der Waals surface area contributed by atoms with E-state index in [1.54, 1.807) is 0 Å². The van der Waals surface area contributed by atoms with Crippen molar-refractivity contribution in [1.29, 1.82) is 0 Å². The fourth-order valence-electron chi connectivity index (χ4n) is 3.31. The van der Waals surface area contributed by atoms with Gasteiger partial charge in [-0.3, -0.25) is 4.79 Å². The van der Waals surface area contributed by atoms with Gasteiger partial charge in [-0.05, 0) is 43.7 Å². The Bertz CT molecular complexity index is 484. The highest BCUT2D eigenvalue weighted by molar-refractivity contribution is 5.78. The lowest BCUT2D eigenvalue weighted by Crippen LogP contribution is -2.34. The van der Waals surface area contributed by atoms with Crippen LogP contribution in [0.2, 0.25) is 0 Å². The van der Waals surface area contributed by atoms with Crippen LogP contribution in [0.5, 0.6) is 0 Å². The van der Waals surface area contributed by atoms with Crippen molar-refractivity contribution in [2.75, 3.05) is 7.05 Å². The van der Waals surface area contributed by atoms with Crippen molar-refractivity contribution in [3.8, 4) is 0 Å². The number of hydrogen-bond donors (Lipinski definition) is 1. The van der Waals surface area contributed by atoms with E-state index in [4.69, 9.17) is 5.73 Å². The maximum atomic E-state index is 12.6. The average Bonchev–Trinajstić information content (AvgIpc) is 2.89. The van der Waals surface area contributed by atoms with Crippen LogP contribution in [-0.2, 0) is 11.2 Å². The predicted octanol–water partition coefficient (Wildman–Crippen LogP) is 3.29. The summed E-state index contributed by atoms with van der Waals surface area (Å²) in [6.07, 6.45) is 5.08. The van der Waals surface area contributed by atoms with Gasteiger partial charge in [0.05, 0.1) is 6.04 Å². The van der Waals surface area contributed by atoms with Gasteiger partial charge in [0, 0.05) is 19.0 Å². The normalized spacial score (nSPS) is 19.9. The van der Waals surface area contributed by atoms with Gasteiger partial charge in [-0.25, -0.2) is 0 Å². The molecule has 0 saturated carbocycles. The van der Waals surface area contributed by atoms with Crippen molar-refractivity contribution in [2.45, 2.75) is 58.0 Å². The summed E-state index contributed by atoms with van der Waals surface area (Å²) in [6, 6.07) is 8.98. The second-order valence-corrected chi connectivity index (χ2v) is 6.51. The van der Waals surface area contributed by atoms with Crippen molar-refractivity contribution in [2.24, 2.45) is 11.7 Å². The summed E-state index contributed by atoms with van der Waals surface area (Å²) < 4.78 is 0. The van der Waals surface area contributed by atoms with Crippen LogP contribution in [0.4, 0.5) is 0 Å². The number of carbonyl (C=O) groups is 1. The Labute approximate surface area is 128 Å². The fourth-order valence-corrected chi connectivity index (χ4v) is 3.31. The van der Waals surface area contributed by atoms with E-state index in [9.17, 15) is 4.79 Å². The largest absolute Gasteiger partial charge is 0.338 e. The van der Waals surface area contributed by atoms with Gasteiger partial charge in [-0.15, -0.1) is 0 Å². The molecule has 3 heteroatoms. The first-order valence-electron chi connectivity index (χ1n) is 8.10. The van der Waals surface area contributed by atoms with E-state index in [1.807, 2.05) is 25.8 Å². The second-order valence-electron chi connectivity index (χ2n) is 6.51. The van der Waals surface area contributed by atoms with E-state index < -0.39 is 0 Å². The zero-order chi connectivity index (χ0) is 15.4. The van der Waals surface area contributed by atoms with Gasteiger partial charge in [-0.1, -0.05) is 37.6 Å². The maximum absolute atomic E-state index is 12.6. The highest BCUT2D eigenvalue weighted by Crippen LogP contribution is 2.35. The van der Waals surface area contributed by atoms with Gasteiger partial charge in [0.15, 0.2) is 0 Å². The lowest BCUT2D eigenvalue weighted by Gasteiger charge is -2.28. The molecule has 2 rings (SSSR count). The molecule has 3 nitrogen and oxygen atoms in total. The molecule has 0 fully saturated rings. The van der Waals surface area contributed by atoms with E-state index in [0.717, 1.165) is 32.1 Å². The Morgan fingerprint density at radius 3 is 2.76 bits per heavy atom. The summed E-state index contributed by atoms with van der Waals surface area (Å²) in [4.78, 5) is 14.6. The van der Waals surface area contributed by atoms with Crippen molar-refractivity contribution >= 4 is 5.91 Å². The van der Waals surface area contributed by atoms with Gasteiger partial charge in [0.25, 0.3) is 0 Å². The van der Waals surface area contributed by atoms with Gasteiger partial charge >= 0.3 is 0 Å². The predicted molar refractivity (Wildman–Crippen MR) is 86.9 cm³/mol. The van der Waals surface area contributed by atoms with Crippen LogP contribution in [0.25, 0.3) is 0 Å². The van der Waals surface area contributed by atoms with Crippen LogP contribution in [-0.4, -0.2) is 23.9 Å². The molecule has 3 atom stereocenters. The Kier molecular flexibility index (Phi) is 5.40. The number of carbonyl (C=O) groups excluding carboxylic acids is 1. The van der Waals surface area contributed by atoms with Crippen LogP contribution in [0, 0.1) is 5.92 Å².